The number of nitrogens with one attached hydrogen (secondary N) is 1. The van der Waals surface area contributed by atoms with Gasteiger partial charge in [0.15, 0.2) is 0 Å². The first-order valence-corrected chi connectivity index (χ1v) is 4.25. The van der Waals surface area contributed by atoms with Crippen LogP contribution >= 0.6 is 0 Å². The molecule has 0 aliphatic heterocycles. The lowest BCUT2D eigenvalue weighted by Gasteiger charge is -2.06. The van der Waals surface area contributed by atoms with Crippen LogP contribution in [0.3, 0.4) is 0 Å². The van der Waals surface area contributed by atoms with Crippen molar-refractivity contribution >= 4 is 23.6 Å². The molecule has 0 bridgehead atoms. The highest BCUT2D eigenvalue weighted by Gasteiger charge is 2.10. The Bertz CT molecular complexity index is 332. The Morgan fingerprint density at radius 3 is 2.50 bits per heavy atom. The number of rotatable bonds is 3. The van der Waals surface area contributed by atoms with Gasteiger partial charge in [-0.15, -0.1) is 0 Å². The summed E-state index contributed by atoms with van der Waals surface area (Å²) < 4.78 is 0. The average molecular weight is 192 g/mol. The molecule has 0 saturated carbocycles. The van der Waals surface area contributed by atoms with E-state index in [1.54, 1.807) is 31.2 Å². The monoisotopic (exact) mass is 192 g/mol. The van der Waals surface area contributed by atoms with E-state index in [9.17, 15) is 9.59 Å². The zero-order chi connectivity index (χ0) is 10.6. The Labute approximate surface area is 82.1 Å². The summed E-state index contributed by atoms with van der Waals surface area (Å²) in [5.41, 5.74) is 6.74. The average Bonchev–Trinajstić information content (AvgIpc) is 2.20. The SMILES string of the molecule is CC(C=O)C(=O)Nc1ccc(N)cc1. The molecule has 4 nitrogen and oxygen atoms in total. The third kappa shape index (κ3) is 2.58. The predicted molar refractivity (Wildman–Crippen MR) is 54.7 cm³/mol. The maximum atomic E-state index is 11.3. The number of carbonyl (C=O) groups excluding carboxylic acids is 2. The summed E-state index contributed by atoms with van der Waals surface area (Å²) in [6, 6.07) is 6.73. The quantitative estimate of drug-likeness (QED) is 0.427. The lowest BCUT2D eigenvalue weighted by molar-refractivity contribution is -0.124. The maximum Gasteiger partial charge on any atom is 0.234 e. The molecule has 1 amide bonds. The second-order valence-corrected chi connectivity index (χ2v) is 3.04. The van der Waals surface area contributed by atoms with Crippen LogP contribution in [0.5, 0.6) is 0 Å². The fourth-order valence-corrected chi connectivity index (χ4v) is 0.884. The van der Waals surface area contributed by atoms with Crippen molar-refractivity contribution < 1.29 is 9.59 Å². The molecule has 1 rings (SSSR count). The first-order chi connectivity index (χ1) is 6.63. The summed E-state index contributed by atoms with van der Waals surface area (Å²) in [7, 11) is 0. The third-order valence-corrected chi connectivity index (χ3v) is 1.80. The van der Waals surface area contributed by atoms with Crippen LogP contribution in [-0.2, 0) is 9.59 Å². The van der Waals surface area contributed by atoms with Crippen LogP contribution in [0.4, 0.5) is 11.4 Å². The number of aldehydes is 1. The maximum absolute atomic E-state index is 11.3. The van der Waals surface area contributed by atoms with Gasteiger partial charge in [-0.1, -0.05) is 0 Å². The summed E-state index contributed by atoms with van der Waals surface area (Å²) in [5.74, 6) is -0.947. The van der Waals surface area contributed by atoms with Gasteiger partial charge >= 0.3 is 0 Å². The van der Waals surface area contributed by atoms with Crippen molar-refractivity contribution in [1.82, 2.24) is 0 Å². The summed E-state index contributed by atoms with van der Waals surface area (Å²) >= 11 is 0. The number of anilines is 2. The molecule has 0 heterocycles. The molecule has 0 fully saturated rings. The van der Waals surface area contributed by atoms with Gasteiger partial charge in [-0.2, -0.15) is 0 Å². The Morgan fingerprint density at radius 1 is 1.43 bits per heavy atom. The van der Waals surface area contributed by atoms with Gasteiger partial charge in [0, 0.05) is 11.4 Å². The molecule has 14 heavy (non-hydrogen) atoms. The van der Waals surface area contributed by atoms with E-state index in [4.69, 9.17) is 5.73 Å². The Morgan fingerprint density at radius 2 is 2.00 bits per heavy atom. The van der Waals surface area contributed by atoms with Gasteiger partial charge in [0.2, 0.25) is 5.91 Å². The van der Waals surface area contributed by atoms with Crippen LogP contribution in [0.1, 0.15) is 6.92 Å². The van der Waals surface area contributed by atoms with Gasteiger partial charge < -0.3 is 15.8 Å². The Kier molecular flexibility index (Phi) is 3.23. The summed E-state index contributed by atoms with van der Waals surface area (Å²) in [5, 5.41) is 2.59. The number of benzene rings is 1. The molecule has 0 aliphatic carbocycles. The van der Waals surface area contributed by atoms with Gasteiger partial charge in [0.05, 0.1) is 5.92 Å². The van der Waals surface area contributed by atoms with Gasteiger partial charge in [0.1, 0.15) is 6.29 Å². The standard InChI is InChI=1S/C10H12N2O2/c1-7(6-13)10(14)12-9-4-2-8(11)3-5-9/h2-7H,11H2,1H3,(H,12,14). The molecule has 1 aromatic carbocycles. The van der Waals surface area contributed by atoms with Crippen molar-refractivity contribution in [2.45, 2.75) is 6.92 Å². The molecule has 1 unspecified atom stereocenters. The molecule has 4 heteroatoms. The van der Waals surface area contributed by atoms with Crippen molar-refractivity contribution in [2.75, 3.05) is 11.1 Å². The van der Waals surface area contributed by atoms with Crippen molar-refractivity contribution in [2.24, 2.45) is 5.92 Å². The molecule has 74 valence electrons. The van der Waals surface area contributed by atoms with Crippen molar-refractivity contribution in [3.05, 3.63) is 24.3 Å². The lowest BCUT2D eigenvalue weighted by Crippen LogP contribution is -2.21. The van der Waals surface area contributed by atoms with Crippen LogP contribution in [0.25, 0.3) is 0 Å². The second-order valence-electron chi connectivity index (χ2n) is 3.04. The highest BCUT2D eigenvalue weighted by molar-refractivity contribution is 6.00. The molecule has 0 spiro atoms. The first-order valence-electron chi connectivity index (χ1n) is 4.25. The Balaban J connectivity index is 2.65. The third-order valence-electron chi connectivity index (χ3n) is 1.80. The number of amides is 1. The van der Waals surface area contributed by atoms with Crippen molar-refractivity contribution in [3.8, 4) is 0 Å². The molecule has 0 aromatic heterocycles. The molecular formula is C10H12N2O2. The largest absolute Gasteiger partial charge is 0.399 e. The fourth-order valence-electron chi connectivity index (χ4n) is 0.884. The molecule has 0 saturated heterocycles. The number of hydrogen-bond donors (Lipinski definition) is 2. The smallest absolute Gasteiger partial charge is 0.234 e. The minimum atomic E-state index is -0.632. The first kappa shape index (κ1) is 10.2. The molecule has 0 radical (unpaired) electrons. The molecule has 3 N–H and O–H groups in total. The number of carbonyl (C=O) groups is 2. The van der Waals surface area contributed by atoms with Crippen LogP contribution in [0.15, 0.2) is 24.3 Å². The Hall–Kier alpha value is -1.84. The van der Waals surface area contributed by atoms with Gasteiger partial charge in [-0.05, 0) is 31.2 Å². The molecular weight excluding hydrogens is 180 g/mol. The molecule has 1 aromatic rings. The van der Waals surface area contributed by atoms with Crippen LogP contribution in [-0.4, -0.2) is 12.2 Å². The van der Waals surface area contributed by atoms with Crippen LogP contribution < -0.4 is 11.1 Å². The van der Waals surface area contributed by atoms with Gasteiger partial charge in [0.25, 0.3) is 0 Å². The minimum absolute atomic E-state index is 0.315. The lowest BCUT2D eigenvalue weighted by atomic mass is 10.2. The van der Waals surface area contributed by atoms with E-state index in [1.807, 2.05) is 0 Å². The van der Waals surface area contributed by atoms with E-state index < -0.39 is 5.92 Å². The van der Waals surface area contributed by atoms with E-state index in [0.717, 1.165) is 0 Å². The van der Waals surface area contributed by atoms with E-state index in [-0.39, 0.29) is 5.91 Å². The zero-order valence-electron chi connectivity index (χ0n) is 7.86. The topological polar surface area (TPSA) is 72.2 Å². The van der Waals surface area contributed by atoms with Crippen LogP contribution in [0, 0.1) is 5.92 Å². The van der Waals surface area contributed by atoms with Gasteiger partial charge in [-0.25, -0.2) is 0 Å². The normalized spacial score (nSPS) is 11.8. The second kappa shape index (κ2) is 4.41. The van der Waals surface area contributed by atoms with Gasteiger partial charge in [-0.3, -0.25) is 4.79 Å². The van der Waals surface area contributed by atoms with Crippen molar-refractivity contribution in [3.63, 3.8) is 0 Å². The highest BCUT2D eigenvalue weighted by atomic mass is 16.2. The molecule has 0 aliphatic rings. The fraction of sp³-hybridized carbons (Fsp3) is 0.200. The van der Waals surface area contributed by atoms with Crippen LogP contribution in [0.2, 0.25) is 0 Å². The van der Waals surface area contributed by atoms with E-state index in [1.165, 1.54) is 0 Å². The summed E-state index contributed by atoms with van der Waals surface area (Å²) in [4.78, 5) is 21.6. The van der Waals surface area contributed by atoms with E-state index in [2.05, 4.69) is 5.32 Å². The number of hydrogen-bond acceptors (Lipinski definition) is 3. The van der Waals surface area contributed by atoms with E-state index in [0.29, 0.717) is 17.7 Å². The highest BCUT2D eigenvalue weighted by Crippen LogP contribution is 2.11. The predicted octanol–water partition coefficient (Wildman–Crippen LogP) is 1.04. The summed E-state index contributed by atoms with van der Waals surface area (Å²) in [6.45, 7) is 1.54. The number of nitrogen functional groups attached to an aromatic ring is 1. The number of nitrogens with two attached hydrogens (primary N) is 1. The molecule has 1 atom stereocenters. The van der Waals surface area contributed by atoms with Crippen molar-refractivity contribution in [1.29, 1.82) is 0 Å². The minimum Gasteiger partial charge on any atom is -0.399 e. The summed E-state index contributed by atoms with van der Waals surface area (Å²) in [6.07, 6.45) is 0.604. The van der Waals surface area contributed by atoms with E-state index >= 15 is 0 Å². The zero-order valence-corrected chi connectivity index (χ0v) is 7.86.